The Morgan fingerprint density at radius 1 is 1.71 bits per heavy atom. The Labute approximate surface area is 83.3 Å². The standard InChI is InChI=1S/C9H10O4S/c1-3-4-14(12)8-7(10)5-6(2)13-9(8)11/h3,5,10H,1,4H2,2H3. The Hall–Kier alpha value is -1.36. The highest BCUT2D eigenvalue weighted by Gasteiger charge is 2.15. The van der Waals surface area contributed by atoms with Crippen molar-refractivity contribution in [2.24, 2.45) is 0 Å². The lowest BCUT2D eigenvalue weighted by Gasteiger charge is -2.01. The summed E-state index contributed by atoms with van der Waals surface area (Å²) in [6, 6.07) is 1.26. The number of aromatic hydroxyl groups is 1. The fourth-order valence-corrected chi connectivity index (χ4v) is 1.89. The van der Waals surface area contributed by atoms with Gasteiger partial charge >= 0.3 is 5.63 Å². The minimum absolute atomic E-state index is 0.112. The first-order chi connectivity index (χ1) is 6.56. The van der Waals surface area contributed by atoms with Crippen LogP contribution in [0.3, 0.4) is 0 Å². The second-order valence-corrected chi connectivity index (χ2v) is 4.09. The van der Waals surface area contributed by atoms with Gasteiger partial charge in [-0.15, -0.1) is 6.58 Å². The van der Waals surface area contributed by atoms with E-state index in [1.54, 1.807) is 0 Å². The first kappa shape index (κ1) is 10.7. The molecule has 1 unspecified atom stereocenters. The second kappa shape index (κ2) is 4.23. The molecule has 1 rings (SSSR count). The quantitative estimate of drug-likeness (QED) is 0.760. The van der Waals surface area contributed by atoms with Crippen molar-refractivity contribution >= 4 is 10.8 Å². The number of hydrogen-bond donors (Lipinski definition) is 1. The van der Waals surface area contributed by atoms with E-state index in [1.165, 1.54) is 19.1 Å². The van der Waals surface area contributed by atoms with Crippen LogP contribution in [-0.4, -0.2) is 15.1 Å². The summed E-state index contributed by atoms with van der Waals surface area (Å²) in [6.45, 7) is 4.92. The molecular formula is C9H10O4S. The summed E-state index contributed by atoms with van der Waals surface area (Å²) in [5, 5.41) is 9.38. The zero-order valence-corrected chi connectivity index (χ0v) is 8.47. The zero-order valence-electron chi connectivity index (χ0n) is 7.65. The predicted octanol–water partition coefficient (Wildman–Crippen LogP) is 0.947. The molecule has 0 aliphatic rings. The Balaban J connectivity index is 3.28. The van der Waals surface area contributed by atoms with Crippen molar-refractivity contribution in [1.82, 2.24) is 0 Å². The average Bonchev–Trinajstić information content (AvgIpc) is 2.01. The highest BCUT2D eigenvalue weighted by atomic mass is 32.2. The molecule has 0 saturated carbocycles. The van der Waals surface area contributed by atoms with E-state index < -0.39 is 16.4 Å². The van der Waals surface area contributed by atoms with Gasteiger partial charge in [-0.1, -0.05) is 6.08 Å². The van der Waals surface area contributed by atoms with Crippen molar-refractivity contribution in [3.8, 4) is 5.75 Å². The molecule has 76 valence electrons. The summed E-state index contributed by atoms with van der Waals surface area (Å²) in [6.07, 6.45) is 1.41. The molecule has 14 heavy (non-hydrogen) atoms. The van der Waals surface area contributed by atoms with Crippen molar-refractivity contribution in [2.75, 3.05) is 5.75 Å². The van der Waals surface area contributed by atoms with Crippen molar-refractivity contribution in [1.29, 1.82) is 0 Å². The third-order valence-corrected chi connectivity index (χ3v) is 2.88. The molecule has 0 aromatic carbocycles. The summed E-state index contributed by atoms with van der Waals surface area (Å²) in [5.41, 5.74) is -0.761. The Kier molecular flexibility index (Phi) is 3.24. The molecule has 0 aliphatic heterocycles. The van der Waals surface area contributed by atoms with Crippen LogP contribution in [-0.2, 0) is 10.8 Å². The third kappa shape index (κ3) is 2.11. The molecule has 1 atom stereocenters. The highest BCUT2D eigenvalue weighted by Crippen LogP contribution is 2.17. The maximum absolute atomic E-state index is 11.4. The van der Waals surface area contributed by atoms with Gasteiger partial charge in [-0.2, -0.15) is 0 Å². The SMILES string of the molecule is C=CCS(=O)c1c(O)cc(C)oc1=O. The predicted molar refractivity (Wildman–Crippen MR) is 52.9 cm³/mol. The van der Waals surface area contributed by atoms with Crippen LogP contribution >= 0.6 is 0 Å². The average molecular weight is 214 g/mol. The van der Waals surface area contributed by atoms with Crippen LogP contribution in [0.25, 0.3) is 0 Å². The van der Waals surface area contributed by atoms with E-state index >= 15 is 0 Å². The summed E-state index contributed by atoms with van der Waals surface area (Å²) in [4.78, 5) is 11.0. The van der Waals surface area contributed by atoms with E-state index in [2.05, 4.69) is 6.58 Å². The molecule has 0 fully saturated rings. The first-order valence-electron chi connectivity index (χ1n) is 3.89. The number of hydrogen-bond acceptors (Lipinski definition) is 4. The van der Waals surface area contributed by atoms with E-state index in [4.69, 9.17) is 4.42 Å². The molecule has 0 saturated heterocycles. The molecule has 0 amide bonds. The topological polar surface area (TPSA) is 67.5 Å². The fourth-order valence-electron chi connectivity index (χ4n) is 0.985. The molecule has 1 heterocycles. The first-order valence-corrected chi connectivity index (χ1v) is 5.21. The lowest BCUT2D eigenvalue weighted by atomic mass is 10.4. The van der Waals surface area contributed by atoms with Crippen LogP contribution in [0.15, 0.2) is 32.8 Å². The van der Waals surface area contributed by atoms with Crippen molar-refractivity contribution in [3.05, 3.63) is 34.9 Å². The van der Waals surface area contributed by atoms with E-state index in [0.29, 0.717) is 0 Å². The van der Waals surface area contributed by atoms with Crippen LogP contribution in [0, 0.1) is 6.92 Å². The number of rotatable bonds is 3. The molecule has 5 heteroatoms. The van der Waals surface area contributed by atoms with Gasteiger partial charge in [-0.25, -0.2) is 4.79 Å². The summed E-state index contributed by atoms with van der Waals surface area (Å²) < 4.78 is 16.1. The van der Waals surface area contributed by atoms with Gasteiger partial charge in [0.2, 0.25) is 0 Å². The highest BCUT2D eigenvalue weighted by molar-refractivity contribution is 7.85. The lowest BCUT2D eigenvalue weighted by Crippen LogP contribution is -2.11. The van der Waals surface area contributed by atoms with Crippen molar-refractivity contribution in [3.63, 3.8) is 0 Å². The lowest BCUT2D eigenvalue weighted by molar-refractivity contribution is 0.410. The van der Waals surface area contributed by atoms with E-state index in [9.17, 15) is 14.1 Å². The van der Waals surface area contributed by atoms with Gasteiger partial charge in [-0.3, -0.25) is 4.21 Å². The fraction of sp³-hybridized carbons (Fsp3) is 0.222. The van der Waals surface area contributed by atoms with Gasteiger partial charge in [0, 0.05) is 11.8 Å². The largest absolute Gasteiger partial charge is 0.506 e. The Morgan fingerprint density at radius 2 is 2.36 bits per heavy atom. The summed E-state index contributed by atoms with van der Waals surface area (Å²) in [7, 11) is -1.59. The molecule has 4 nitrogen and oxygen atoms in total. The van der Waals surface area contributed by atoms with E-state index in [1.807, 2.05) is 0 Å². The Morgan fingerprint density at radius 3 is 2.86 bits per heavy atom. The zero-order chi connectivity index (χ0) is 10.7. The van der Waals surface area contributed by atoms with Crippen LogP contribution in [0.1, 0.15) is 5.76 Å². The molecule has 0 spiro atoms. The smallest absolute Gasteiger partial charge is 0.356 e. The molecule has 1 N–H and O–H groups in total. The van der Waals surface area contributed by atoms with Gasteiger partial charge in [0.05, 0.1) is 10.8 Å². The molecule has 1 aromatic rings. The molecule has 0 bridgehead atoms. The summed E-state index contributed by atoms with van der Waals surface area (Å²) >= 11 is 0. The van der Waals surface area contributed by atoms with Gasteiger partial charge in [-0.05, 0) is 6.92 Å². The molecule has 0 radical (unpaired) electrons. The minimum atomic E-state index is -1.59. The van der Waals surface area contributed by atoms with Crippen molar-refractivity contribution in [2.45, 2.75) is 11.8 Å². The third-order valence-electron chi connectivity index (χ3n) is 1.51. The van der Waals surface area contributed by atoms with Gasteiger partial charge in [0.15, 0.2) is 4.90 Å². The number of aryl methyl sites for hydroxylation is 1. The maximum atomic E-state index is 11.4. The van der Waals surface area contributed by atoms with Crippen molar-refractivity contribution < 1.29 is 13.7 Å². The van der Waals surface area contributed by atoms with Crippen LogP contribution in [0.2, 0.25) is 0 Å². The summed E-state index contributed by atoms with van der Waals surface area (Å²) in [5.74, 6) is 0.104. The van der Waals surface area contributed by atoms with Gasteiger partial charge in [0.1, 0.15) is 11.5 Å². The van der Waals surface area contributed by atoms with Crippen LogP contribution < -0.4 is 5.63 Å². The van der Waals surface area contributed by atoms with Gasteiger partial charge in [0.25, 0.3) is 0 Å². The molecule has 0 aliphatic carbocycles. The Bertz CT molecular complexity index is 433. The van der Waals surface area contributed by atoms with Crippen LogP contribution in [0.5, 0.6) is 5.75 Å². The maximum Gasteiger partial charge on any atom is 0.356 e. The molecular weight excluding hydrogens is 204 g/mol. The minimum Gasteiger partial charge on any atom is -0.506 e. The van der Waals surface area contributed by atoms with Gasteiger partial charge < -0.3 is 9.52 Å². The second-order valence-electron chi connectivity index (χ2n) is 2.66. The monoisotopic (exact) mass is 214 g/mol. The van der Waals surface area contributed by atoms with E-state index in [0.717, 1.165) is 0 Å². The van der Waals surface area contributed by atoms with E-state index in [-0.39, 0.29) is 22.2 Å². The molecule has 1 aromatic heterocycles. The van der Waals surface area contributed by atoms with Crippen LogP contribution in [0.4, 0.5) is 0 Å². The normalized spacial score (nSPS) is 12.4.